The highest BCUT2D eigenvalue weighted by atomic mass is 35.5. The minimum absolute atomic E-state index is 0. The Balaban J connectivity index is 0.00000274. The lowest BCUT2D eigenvalue weighted by molar-refractivity contribution is 0.0903. The third-order valence-corrected chi connectivity index (χ3v) is 6.58. The number of halogens is 1. The maximum Gasteiger partial charge on any atom is 0.273 e. The monoisotopic (exact) mass is 480 g/mol. The summed E-state index contributed by atoms with van der Waals surface area (Å²) in [6.07, 6.45) is 11.1. The van der Waals surface area contributed by atoms with E-state index in [9.17, 15) is 9.59 Å². The summed E-state index contributed by atoms with van der Waals surface area (Å²) in [4.78, 5) is 29.9. The summed E-state index contributed by atoms with van der Waals surface area (Å²) >= 11 is 0. The zero-order valence-electron chi connectivity index (χ0n) is 18.9. The lowest BCUT2D eigenvalue weighted by atomic mass is 9.80. The summed E-state index contributed by atoms with van der Waals surface area (Å²) in [6.45, 7) is 0. The van der Waals surface area contributed by atoms with Gasteiger partial charge < -0.3 is 15.2 Å². The van der Waals surface area contributed by atoms with Crippen molar-refractivity contribution in [3.63, 3.8) is 0 Å². The highest BCUT2D eigenvalue weighted by Crippen LogP contribution is 2.40. The number of nitrogens with zero attached hydrogens (tertiary/aromatic N) is 2. The molecule has 2 aliphatic carbocycles. The van der Waals surface area contributed by atoms with Crippen LogP contribution in [0.5, 0.6) is 0 Å². The Morgan fingerprint density at radius 3 is 2.53 bits per heavy atom. The lowest BCUT2D eigenvalue weighted by Crippen LogP contribution is -2.34. The van der Waals surface area contributed by atoms with E-state index in [-0.39, 0.29) is 30.3 Å². The molecule has 178 valence electrons. The second-order valence-electron chi connectivity index (χ2n) is 9.06. The highest BCUT2D eigenvalue weighted by molar-refractivity contribution is 6.04. The van der Waals surface area contributed by atoms with Crippen molar-refractivity contribution in [2.75, 3.05) is 5.32 Å². The maximum atomic E-state index is 13.1. The van der Waals surface area contributed by atoms with Crippen molar-refractivity contribution in [2.24, 2.45) is 5.92 Å². The topological polar surface area (TPSA) is 97.1 Å². The predicted molar refractivity (Wildman–Crippen MR) is 131 cm³/mol. The Kier molecular flexibility index (Phi) is 7.63. The fourth-order valence-electron chi connectivity index (χ4n) is 4.63. The molecule has 34 heavy (non-hydrogen) atoms. The van der Waals surface area contributed by atoms with Gasteiger partial charge in [-0.25, -0.2) is 0 Å². The Hall–Kier alpha value is -3.19. The molecule has 2 fully saturated rings. The normalized spacial score (nSPS) is 16.8. The van der Waals surface area contributed by atoms with E-state index in [0.717, 1.165) is 49.8 Å². The van der Waals surface area contributed by atoms with Gasteiger partial charge in [0.15, 0.2) is 5.69 Å². The van der Waals surface area contributed by atoms with E-state index < -0.39 is 0 Å². The van der Waals surface area contributed by atoms with E-state index >= 15 is 0 Å². The summed E-state index contributed by atoms with van der Waals surface area (Å²) in [5, 5.41) is 10.1. The fourth-order valence-corrected chi connectivity index (χ4v) is 4.63. The van der Waals surface area contributed by atoms with Crippen molar-refractivity contribution < 1.29 is 14.1 Å². The van der Waals surface area contributed by atoms with Crippen molar-refractivity contribution in [3.05, 3.63) is 77.4 Å². The van der Waals surface area contributed by atoms with E-state index in [1.165, 1.54) is 6.42 Å². The molecule has 2 N–H and O–H groups in total. The number of benzene rings is 1. The molecule has 2 aliphatic rings. The summed E-state index contributed by atoms with van der Waals surface area (Å²) in [7, 11) is 0. The molecule has 0 spiro atoms. The van der Waals surface area contributed by atoms with Crippen molar-refractivity contribution >= 4 is 29.9 Å². The molecule has 1 unspecified atom stereocenters. The molecule has 2 heterocycles. The molecule has 2 saturated carbocycles. The van der Waals surface area contributed by atoms with Crippen LogP contribution in [0, 0.1) is 5.92 Å². The van der Waals surface area contributed by atoms with Crippen LogP contribution in [0.15, 0.2) is 59.4 Å². The van der Waals surface area contributed by atoms with Crippen molar-refractivity contribution in [3.8, 4) is 0 Å². The lowest BCUT2D eigenvalue weighted by Gasteiger charge is -2.31. The first-order valence-corrected chi connectivity index (χ1v) is 11.8. The van der Waals surface area contributed by atoms with Crippen molar-refractivity contribution in [1.82, 2.24) is 15.5 Å². The predicted octanol–water partition coefficient (Wildman–Crippen LogP) is 5.67. The van der Waals surface area contributed by atoms with E-state index in [2.05, 4.69) is 20.8 Å². The number of carbonyl (C=O) groups excluding carboxylic acids is 2. The average molecular weight is 481 g/mol. The summed E-state index contributed by atoms with van der Waals surface area (Å²) in [6, 6.07) is 12.7. The van der Waals surface area contributed by atoms with Gasteiger partial charge in [0.2, 0.25) is 0 Å². The Morgan fingerprint density at radius 1 is 0.971 bits per heavy atom. The molecule has 3 aromatic rings. The van der Waals surface area contributed by atoms with Crippen LogP contribution in [0.4, 0.5) is 5.69 Å². The van der Waals surface area contributed by atoms with Crippen molar-refractivity contribution in [2.45, 2.75) is 56.9 Å². The van der Waals surface area contributed by atoms with E-state index in [0.29, 0.717) is 28.8 Å². The van der Waals surface area contributed by atoms with Gasteiger partial charge in [-0.15, -0.1) is 12.4 Å². The highest BCUT2D eigenvalue weighted by Gasteiger charge is 2.31. The maximum absolute atomic E-state index is 13.1. The van der Waals surface area contributed by atoms with Crippen LogP contribution in [0.2, 0.25) is 0 Å². The van der Waals surface area contributed by atoms with Crippen molar-refractivity contribution in [1.29, 1.82) is 0 Å². The summed E-state index contributed by atoms with van der Waals surface area (Å²) in [5.74, 6) is 1.08. The van der Waals surface area contributed by atoms with Crippen LogP contribution in [-0.2, 0) is 0 Å². The molecule has 8 heteroatoms. The Morgan fingerprint density at radius 2 is 1.79 bits per heavy atom. The molecule has 0 bridgehead atoms. The first-order valence-electron chi connectivity index (χ1n) is 11.8. The molecule has 0 saturated heterocycles. The SMILES string of the molecule is Cl.O=C(Nc1cccnc1)c1cccc(C(NC(=O)c2cc(C3CC3)on2)C2CCCCC2)c1. The number of amides is 2. The van der Waals surface area contributed by atoms with Crippen LogP contribution in [-0.4, -0.2) is 22.0 Å². The number of rotatable bonds is 7. The van der Waals surface area contributed by atoms with Gasteiger partial charge in [-0.05, 0) is 61.4 Å². The number of hydrogen-bond acceptors (Lipinski definition) is 5. The number of aromatic nitrogens is 2. The molecule has 0 radical (unpaired) electrons. The Labute approximate surface area is 205 Å². The van der Waals surface area contributed by atoms with Gasteiger partial charge in [-0.2, -0.15) is 0 Å². The second-order valence-corrected chi connectivity index (χ2v) is 9.06. The quantitative estimate of drug-likeness (QED) is 0.454. The van der Waals surface area contributed by atoms with Crippen LogP contribution in [0.25, 0.3) is 0 Å². The molecule has 1 atom stereocenters. The summed E-state index contributed by atoms with van der Waals surface area (Å²) < 4.78 is 5.38. The molecular weight excluding hydrogens is 452 g/mol. The summed E-state index contributed by atoms with van der Waals surface area (Å²) in [5.41, 5.74) is 2.44. The zero-order chi connectivity index (χ0) is 22.6. The molecule has 2 amide bonds. The van der Waals surface area contributed by atoms with Gasteiger partial charge >= 0.3 is 0 Å². The minimum atomic E-state index is -0.230. The second kappa shape index (κ2) is 10.8. The molecule has 0 aliphatic heterocycles. The number of pyridine rings is 1. The van der Waals surface area contributed by atoms with E-state index in [1.807, 2.05) is 18.2 Å². The Bertz CT molecular complexity index is 1120. The first-order chi connectivity index (χ1) is 16.2. The van der Waals surface area contributed by atoms with Crippen LogP contribution in [0.1, 0.15) is 89.1 Å². The fraction of sp³-hybridized carbons (Fsp3) is 0.385. The molecule has 1 aromatic carbocycles. The largest absolute Gasteiger partial charge is 0.360 e. The van der Waals surface area contributed by atoms with E-state index in [4.69, 9.17) is 4.52 Å². The first kappa shape index (κ1) is 24.0. The van der Waals surface area contributed by atoms with Gasteiger partial charge in [-0.1, -0.05) is 36.6 Å². The average Bonchev–Trinajstić information content (AvgIpc) is 3.59. The third-order valence-electron chi connectivity index (χ3n) is 6.58. The molecule has 7 nitrogen and oxygen atoms in total. The van der Waals surface area contributed by atoms with Gasteiger partial charge in [0.05, 0.1) is 17.9 Å². The molecular formula is C26H29ClN4O3. The van der Waals surface area contributed by atoms with Crippen LogP contribution in [0.3, 0.4) is 0 Å². The van der Waals surface area contributed by atoms with Gasteiger partial charge in [-0.3, -0.25) is 14.6 Å². The smallest absolute Gasteiger partial charge is 0.273 e. The number of hydrogen-bond donors (Lipinski definition) is 2. The van der Waals surface area contributed by atoms with Gasteiger partial charge in [0.1, 0.15) is 5.76 Å². The van der Waals surface area contributed by atoms with Crippen LogP contribution >= 0.6 is 12.4 Å². The van der Waals surface area contributed by atoms with Gasteiger partial charge in [0.25, 0.3) is 11.8 Å². The number of nitrogens with one attached hydrogen (secondary N) is 2. The zero-order valence-corrected chi connectivity index (χ0v) is 19.7. The van der Waals surface area contributed by atoms with E-state index in [1.54, 1.807) is 36.7 Å². The number of anilines is 1. The minimum Gasteiger partial charge on any atom is -0.360 e. The van der Waals surface area contributed by atoms with Crippen LogP contribution < -0.4 is 10.6 Å². The standard InChI is InChI=1S/C26H28N4O3.ClH/c31-25(28-21-10-5-13-27-16-21)20-9-4-8-19(14-20)24(18-6-2-1-3-7-18)29-26(32)22-15-23(33-30-22)17-11-12-17;/h4-5,8-10,13-18,24H,1-3,6-7,11-12H2,(H,28,31)(H,29,32);1H. The molecule has 2 aromatic heterocycles. The third kappa shape index (κ3) is 5.65. The number of carbonyl (C=O) groups is 2. The van der Waals surface area contributed by atoms with Gasteiger partial charge in [0, 0.05) is 23.7 Å². The molecule has 5 rings (SSSR count).